The van der Waals surface area contributed by atoms with Crippen LogP contribution in [0.25, 0.3) is 0 Å². The third-order valence-corrected chi connectivity index (χ3v) is 4.34. The predicted octanol–water partition coefficient (Wildman–Crippen LogP) is 2.17. The molecular formula is C14H20BClO3. The Labute approximate surface area is 120 Å². The summed E-state index contributed by atoms with van der Waals surface area (Å²) in [6.45, 7) is 8.18. The van der Waals surface area contributed by atoms with Crippen molar-refractivity contribution in [2.24, 2.45) is 0 Å². The molecule has 0 saturated carbocycles. The maximum atomic E-state index is 8.95. The summed E-state index contributed by atoms with van der Waals surface area (Å²) in [5, 5.41) is 9.59. The van der Waals surface area contributed by atoms with Gasteiger partial charge in [0.2, 0.25) is 0 Å². The normalized spacial score (nSPS) is 20.8. The minimum Gasteiger partial charge on any atom is -0.399 e. The Morgan fingerprint density at radius 1 is 1.16 bits per heavy atom. The van der Waals surface area contributed by atoms with Crippen LogP contribution in [0.1, 0.15) is 33.3 Å². The predicted molar refractivity (Wildman–Crippen MR) is 78.0 cm³/mol. The van der Waals surface area contributed by atoms with Crippen LogP contribution in [0, 0.1) is 0 Å². The fourth-order valence-corrected chi connectivity index (χ4v) is 2.30. The van der Waals surface area contributed by atoms with E-state index in [9.17, 15) is 0 Å². The van der Waals surface area contributed by atoms with Gasteiger partial charge in [-0.15, -0.1) is 0 Å². The first-order chi connectivity index (χ1) is 8.77. The Kier molecular flexibility index (Phi) is 3.98. The summed E-state index contributed by atoms with van der Waals surface area (Å²) in [5.74, 6) is 0. The first-order valence-electron chi connectivity index (χ1n) is 6.52. The Morgan fingerprint density at radius 2 is 1.74 bits per heavy atom. The van der Waals surface area contributed by atoms with Crippen molar-refractivity contribution >= 4 is 24.2 Å². The van der Waals surface area contributed by atoms with Crippen LogP contribution in [-0.4, -0.2) is 30.0 Å². The summed E-state index contributed by atoms with van der Waals surface area (Å²) in [6, 6.07) is 5.71. The van der Waals surface area contributed by atoms with E-state index < -0.39 is 7.12 Å². The number of hydrogen-bond donors (Lipinski definition) is 1. The first-order valence-corrected chi connectivity index (χ1v) is 6.89. The third-order valence-electron chi connectivity index (χ3n) is 3.98. The van der Waals surface area contributed by atoms with E-state index >= 15 is 0 Å². The quantitative estimate of drug-likeness (QED) is 0.864. The standard InChI is InChI=1S/C14H20BClO3/c1-13(2)14(3,4)19-15(18-13)11-6-5-10(7-8-17)12(16)9-11/h5-6,9,17H,7-8H2,1-4H3. The van der Waals surface area contributed by atoms with E-state index in [1.807, 2.05) is 45.9 Å². The van der Waals surface area contributed by atoms with E-state index in [0.717, 1.165) is 11.0 Å². The second-order valence-corrected chi connectivity index (χ2v) is 6.32. The van der Waals surface area contributed by atoms with Crippen molar-refractivity contribution in [3.8, 4) is 0 Å². The van der Waals surface area contributed by atoms with E-state index in [-0.39, 0.29) is 17.8 Å². The molecule has 0 radical (unpaired) electrons. The molecule has 5 heteroatoms. The topological polar surface area (TPSA) is 38.7 Å². The van der Waals surface area contributed by atoms with Crippen molar-refractivity contribution in [3.05, 3.63) is 28.8 Å². The summed E-state index contributed by atoms with van der Waals surface area (Å²) in [4.78, 5) is 0. The molecule has 0 spiro atoms. The van der Waals surface area contributed by atoms with E-state index in [0.29, 0.717) is 11.4 Å². The van der Waals surface area contributed by atoms with Crippen LogP contribution < -0.4 is 5.46 Å². The molecule has 1 aliphatic rings. The smallest absolute Gasteiger partial charge is 0.399 e. The van der Waals surface area contributed by atoms with Crippen LogP contribution >= 0.6 is 11.6 Å². The monoisotopic (exact) mass is 282 g/mol. The van der Waals surface area contributed by atoms with Gasteiger partial charge in [0, 0.05) is 11.6 Å². The molecule has 3 nitrogen and oxygen atoms in total. The van der Waals surface area contributed by atoms with Crippen LogP contribution in [0.4, 0.5) is 0 Å². The largest absolute Gasteiger partial charge is 0.494 e. The highest BCUT2D eigenvalue weighted by Crippen LogP contribution is 2.36. The fraction of sp³-hybridized carbons (Fsp3) is 0.571. The highest BCUT2D eigenvalue weighted by molar-refractivity contribution is 6.62. The van der Waals surface area contributed by atoms with Gasteiger partial charge in [0.25, 0.3) is 0 Å². The van der Waals surface area contributed by atoms with Gasteiger partial charge < -0.3 is 14.4 Å². The molecule has 0 aliphatic carbocycles. The van der Waals surface area contributed by atoms with Crippen molar-refractivity contribution in [2.45, 2.75) is 45.3 Å². The lowest BCUT2D eigenvalue weighted by Crippen LogP contribution is -2.41. The van der Waals surface area contributed by atoms with Crippen molar-refractivity contribution in [2.75, 3.05) is 6.61 Å². The van der Waals surface area contributed by atoms with Gasteiger partial charge in [-0.05, 0) is 51.2 Å². The van der Waals surface area contributed by atoms with Crippen LogP contribution in [0.15, 0.2) is 18.2 Å². The number of benzene rings is 1. The number of hydrogen-bond acceptors (Lipinski definition) is 3. The Morgan fingerprint density at radius 3 is 2.21 bits per heavy atom. The molecule has 2 rings (SSSR count). The van der Waals surface area contributed by atoms with Crippen molar-refractivity contribution in [1.29, 1.82) is 0 Å². The molecule has 1 N–H and O–H groups in total. The lowest BCUT2D eigenvalue weighted by atomic mass is 9.78. The first kappa shape index (κ1) is 14.9. The maximum Gasteiger partial charge on any atom is 0.494 e. The summed E-state index contributed by atoms with van der Waals surface area (Å²) < 4.78 is 11.9. The summed E-state index contributed by atoms with van der Waals surface area (Å²) in [7, 11) is -0.398. The van der Waals surface area contributed by atoms with Crippen LogP contribution in [0.2, 0.25) is 5.02 Å². The summed E-state index contributed by atoms with van der Waals surface area (Å²) in [6.07, 6.45) is 0.558. The molecule has 1 saturated heterocycles. The molecular weight excluding hydrogens is 262 g/mol. The minimum absolute atomic E-state index is 0.0928. The number of aliphatic hydroxyl groups is 1. The third kappa shape index (κ3) is 2.82. The summed E-state index contributed by atoms with van der Waals surface area (Å²) >= 11 is 6.21. The molecule has 0 atom stereocenters. The van der Waals surface area contributed by atoms with E-state index in [1.54, 1.807) is 0 Å². The molecule has 0 bridgehead atoms. The van der Waals surface area contributed by atoms with Gasteiger partial charge in [-0.1, -0.05) is 23.7 Å². The molecule has 19 heavy (non-hydrogen) atoms. The van der Waals surface area contributed by atoms with Gasteiger partial charge in [0.05, 0.1) is 11.2 Å². The second-order valence-electron chi connectivity index (χ2n) is 5.91. The van der Waals surface area contributed by atoms with E-state index in [1.165, 1.54) is 0 Å². The van der Waals surface area contributed by atoms with Gasteiger partial charge in [0.15, 0.2) is 0 Å². The molecule has 1 fully saturated rings. The van der Waals surface area contributed by atoms with E-state index in [4.69, 9.17) is 26.0 Å². The maximum absolute atomic E-state index is 8.95. The Bertz CT molecular complexity index is 458. The van der Waals surface area contributed by atoms with Crippen LogP contribution in [-0.2, 0) is 15.7 Å². The number of halogens is 1. The molecule has 1 aliphatic heterocycles. The van der Waals surface area contributed by atoms with Crippen molar-refractivity contribution in [1.82, 2.24) is 0 Å². The van der Waals surface area contributed by atoms with Gasteiger partial charge in [-0.3, -0.25) is 0 Å². The van der Waals surface area contributed by atoms with Gasteiger partial charge in [-0.25, -0.2) is 0 Å². The van der Waals surface area contributed by atoms with Gasteiger partial charge in [-0.2, -0.15) is 0 Å². The van der Waals surface area contributed by atoms with Crippen LogP contribution in [0.3, 0.4) is 0 Å². The molecule has 0 aromatic heterocycles. The molecule has 0 amide bonds. The van der Waals surface area contributed by atoms with Gasteiger partial charge >= 0.3 is 7.12 Å². The van der Waals surface area contributed by atoms with E-state index in [2.05, 4.69) is 0 Å². The van der Waals surface area contributed by atoms with Gasteiger partial charge in [0.1, 0.15) is 0 Å². The molecule has 0 unspecified atom stereocenters. The average Bonchev–Trinajstić information content (AvgIpc) is 2.51. The second kappa shape index (κ2) is 5.10. The molecule has 104 valence electrons. The Hall–Kier alpha value is -0.545. The zero-order valence-electron chi connectivity index (χ0n) is 11.9. The SMILES string of the molecule is CC1(C)OB(c2ccc(CCO)c(Cl)c2)OC1(C)C. The average molecular weight is 283 g/mol. The van der Waals surface area contributed by atoms with Crippen molar-refractivity contribution in [3.63, 3.8) is 0 Å². The molecule has 1 aromatic carbocycles. The summed E-state index contributed by atoms with van der Waals surface area (Å²) in [5.41, 5.74) is 1.14. The van der Waals surface area contributed by atoms with Crippen LogP contribution in [0.5, 0.6) is 0 Å². The number of rotatable bonds is 3. The zero-order valence-corrected chi connectivity index (χ0v) is 12.6. The zero-order chi connectivity index (χ0) is 14.3. The number of aliphatic hydroxyl groups excluding tert-OH is 1. The highest BCUT2D eigenvalue weighted by atomic mass is 35.5. The minimum atomic E-state index is -0.398. The molecule has 1 heterocycles. The highest BCUT2D eigenvalue weighted by Gasteiger charge is 2.51. The fourth-order valence-electron chi connectivity index (χ4n) is 2.01. The lowest BCUT2D eigenvalue weighted by Gasteiger charge is -2.32. The Balaban J connectivity index is 2.23. The lowest BCUT2D eigenvalue weighted by molar-refractivity contribution is 0.00578. The van der Waals surface area contributed by atoms with Crippen molar-refractivity contribution < 1.29 is 14.4 Å². The molecule has 1 aromatic rings.